The third kappa shape index (κ3) is 2.98. The Balaban J connectivity index is 1.65. The molecule has 1 spiro atoms. The number of carbonyl (C=O) groups excluding carboxylic acids is 1. The Morgan fingerprint density at radius 1 is 1.43 bits per heavy atom. The quantitative estimate of drug-likeness (QED) is 0.922. The van der Waals surface area contributed by atoms with Gasteiger partial charge in [-0.2, -0.15) is 5.10 Å². The highest BCUT2D eigenvalue weighted by molar-refractivity contribution is 5.79. The lowest BCUT2D eigenvalue weighted by Crippen LogP contribution is -2.38. The number of amides is 1. The van der Waals surface area contributed by atoms with E-state index in [9.17, 15) is 4.79 Å². The zero-order chi connectivity index (χ0) is 14.9. The molecule has 0 aromatic carbocycles. The third-order valence-electron chi connectivity index (χ3n) is 5.13. The van der Waals surface area contributed by atoms with Crippen LogP contribution in [0.1, 0.15) is 51.3 Å². The van der Waals surface area contributed by atoms with E-state index in [1.807, 2.05) is 21.8 Å². The Morgan fingerprint density at radius 3 is 2.90 bits per heavy atom. The molecule has 1 amide bonds. The van der Waals surface area contributed by atoms with Gasteiger partial charge in [0.15, 0.2) is 0 Å². The summed E-state index contributed by atoms with van der Waals surface area (Å²) in [5.41, 5.74) is 1.23. The maximum Gasteiger partial charge on any atom is 0.223 e. The van der Waals surface area contributed by atoms with E-state index in [1.165, 1.54) is 0 Å². The Bertz CT molecular complexity index is 504. The highest BCUT2D eigenvalue weighted by Crippen LogP contribution is 2.39. The molecule has 1 aromatic rings. The average molecular weight is 290 g/mol. The maximum atomic E-state index is 12.3. The zero-order valence-corrected chi connectivity index (χ0v) is 13.1. The van der Waals surface area contributed by atoms with Gasteiger partial charge in [-0.1, -0.05) is 6.92 Å². The van der Waals surface area contributed by atoms with Gasteiger partial charge in [0, 0.05) is 25.2 Å². The van der Waals surface area contributed by atoms with E-state index in [1.54, 1.807) is 0 Å². The fourth-order valence-corrected chi connectivity index (χ4v) is 3.51. The van der Waals surface area contributed by atoms with Crippen molar-refractivity contribution in [3.05, 3.63) is 18.0 Å². The van der Waals surface area contributed by atoms with Gasteiger partial charge in [-0.15, -0.1) is 0 Å². The number of carbonyl (C=O) groups is 1. The number of hydrogen-bond donors (Lipinski definition) is 1. The molecule has 0 bridgehead atoms. The van der Waals surface area contributed by atoms with E-state index >= 15 is 0 Å². The van der Waals surface area contributed by atoms with Crippen LogP contribution in [0.4, 0.5) is 0 Å². The van der Waals surface area contributed by atoms with E-state index in [2.05, 4.69) is 24.3 Å². The lowest BCUT2D eigenvalue weighted by Gasteiger charge is -2.33. The van der Waals surface area contributed by atoms with Crippen LogP contribution in [0.5, 0.6) is 0 Å². The van der Waals surface area contributed by atoms with Crippen molar-refractivity contribution in [2.24, 2.45) is 5.41 Å². The van der Waals surface area contributed by atoms with Crippen LogP contribution >= 0.6 is 0 Å². The molecule has 21 heavy (non-hydrogen) atoms. The number of nitrogens with zero attached hydrogens (tertiary/aromatic N) is 3. The molecule has 2 fully saturated rings. The van der Waals surface area contributed by atoms with Crippen LogP contribution in [0, 0.1) is 5.41 Å². The summed E-state index contributed by atoms with van der Waals surface area (Å²) in [5, 5.41) is 8.01. The molecule has 1 unspecified atom stereocenters. The molecule has 1 atom stereocenters. The zero-order valence-electron chi connectivity index (χ0n) is 13.1. The van der Waals surface area contributed by atoms with Gasteiger partial charge in [0.2, 0.25) is 5.91 Å². The van der Waals surface area contributed by atoms with Crippen LogP contribution in [0.15, 0.2) is 12.3 Å². The predicted octanol–water partition coefficient (Wildman–Crippen LogP) is 1.96. The van der Waals surface area contributed by atoms with Gasteiger partial charge in [-0.05, 0) is 50.8 Å². The molecular weight excluding hydrogens is 264 g/mol. The smallest absolute Gasteiger partial charge is 0.223 e. The standard InChI is InChI=1S/C16H26N4O/c1-3-13(2)20-9-4-14(18-20)11-19-12-16(10-15(19)21)5-7-17-8-6-16/h4,9,13,17H,3,5-8,10-12H2,1-2H3. The fourth-order valence-electron chi connectivity index (χ4n) is 3.51. The molecule has 2 saturated heterocycles. The Hall–Kier alpha value is -1.36. The van der Waals surface area contributed by atoms with Gasteiger partial charge in [0.1, 0.15) is 0 Å². The van der Waals surface area contributed by atoms with E-state index in [0.717, 1.165) is 51.0 Å². The Kier molecular flexibility index (Phi) is 4.02. The molecule has 0 saturated carbocycles. The van der Waals surface area contributed by atoms with Gasteiger partial charge in [0.05, 0.1) is 12.2 Å². The van der Waals surface area contributed by atoms with Crippen molar-refractivity contribution in [1.29, 1.82) is 0 Å². The summed E-state index contributed by atoms with van der Waals surface area (Å²) in [7, 11) is 0. The first-order valence-corrected chi connectivity index (χ1v) is 8.14. The molecule has 2 aliphatic heterocycles. The summed E-state index contributed by atoms with van der Waals surface area (Å²) >= 11 is 0. The van der Waals surface area contributed by atoms with Crippen molar-refractivity contribution in [2.75, 3.05) is 19.6 Å². The van der Waals surface area contributed by atoms with Crippen LogP contribution < -0.4 is 5.32 Å². The second kappa shape index (κ2) is 5.79. The number of hydrogen-bond acceptors (Lipinski definition) is 3. The lowest BCUT2D eigenvalue weighted by atomic mass is 9.78. The second-order valence-electron chi connectivity index (χ2n) is 6.72. The fraction of sp³-hybridized carbons (Fsp3) is 0.750. The summed E-state index contributed by atoms with van der Waals surface area (Å²) in [5.74, 6) is 0.301. The largest absolute Gasteiger partial charge is 0.336 e. The van der Waals surface area contributed by atoms with Crippen LogP contribution in [0.3, 0.4) is 0 Å². The number of rotatable bonds is 4. The minimum absolute atomic E-state index is 0.224. The van der Waals surface area contributed by atoms with Crippen LogP contribution in [0.2, 0.25) is 0 Å². The Labute approximate surface area is 126 Å². The van der Waals surface area contributed by atoms with Gasteiger partial charge < -0.3 is 10.2 Å². The van der Waals surface area contributed by atoms with Crippen molar-refractivity contribution < 1.29 is 4.79 Å². The third-order valence-corrected chi connectivity index (χ3v) is 5.13. The number of likely N-dealkylation sites (tertiary alicyclic amines) is 1. The van der Waals surface area contributed by atoms with Gasteiger partial charge in [-0.3, -0.25) is 9.48 Å². The summed E-state index contributed by atoms with van der Waals surface area (Å²) in [6.07, 6.45) is 6.07. The molecule has 1 N–H and O–H groups in total. The minimum atomic E-state index is 0.224. The van der Waals surface area contributed by atoms with Gasteiger partial charge >= 0.3 is 0 Å². The predicted molar refractivity (Wildman–Crippen MR) is 81.8 cm³/mol. The molecule has 0 radical (unpaired) electrons. The monoisotopic (exact) mass is 290 g/mol. The van der Waals surface area contributed by atoms with E-state index in [0.29, 0.717) is 18.5 Å². The highest BCUT2D eigenvalue weighted by atomic mass is 16.2. The lowest BCUT2D eigenvalue weighted by molar-refractivity contribution is -0.128. The number of piperidine rings is 1. The molecule has 2 aliphatic rings. The first kappa shape index (κ1) is 14.6. The molecule has 3 heterocycles. The molecule has 3 rings (SSSR count). The van der Waals surface area contributed by atoms with Crippen LogP contribution in [-0.2, 0) is 11.3 Å². The van der Waals surface area contributed by atoms with Crippen LogP contribution in [-0.4, -0.2) is 40.2 Å². The number of nitrogens with one attached hydrogen (secondary N) is 1. The molecule has 116 valence electrons. The average Bonchev–Trinajstić information content (AvgIpc) is 3.05. The molecule has 0 aliphatic carbocycles. The van der Waals surface area contributed by atoms with Gasteiger partial charge in [-0.25, -0.2) is 0 Å². The summed E-state index contributed by atoms with van der Waals surface area (Å²) < 4.78 is 2.01. The van der Waals surface area contributed by atoms with Crippen molar-refractivity contribution in [3.63, 3.8) is 0 Å². The second-order valence-corrected chi connectivity index (χ2v) is 6.72. The van der Waals surface area contributed by atoms with E-state index in [-0.39, 0.29) is 5.41 Å². The Morgan fingerprint density at radius 2 is 2.19 bits per heavy atom. The van der Waals surface area contributed by atoms with Crippen molar-refractivity contribution >= 4 is 5.91 Å². The normalized spacial score (nSPS) is 23.0. The first-order chi connectivity index (χ1) is 10.1. The minimum Gasteiger partial charge on any atom is -0.336 e. The summed E-state index contributed by atoms with van der Waals surface area (Å²) in [6, 6.07) is 2.47. The maximum absolute atomic E-state index is 12.3. The van der Waals surface area contributed by atoms with Crippen LogP contribution in [0.25, 0.3) is 0 Å². The highest BCUT2D eigenvalue weighted by Gasteiger charge is 2.43. The molecule has 5 nitrogen and oxygen atoms in total. The van der Waals surface area contributed by atoms with Gasteiger partial charge in [0.25, 0.3) is 0 Å². The van der Waals surface area contributed by atoms with E-state index in [4.69, 9.17) is 0 Å². The number of aromatic nitrogens is 2. The van der Waals surface area contributed by atoms with E-state index < -0.39 is 0 Å². The van der Waals surface area contributed by atoms with Crippen molar-refractivity contribution in [2.45, 2.75) is 52.1 Å². The SMILES string of the molecule is CCC(C)n1ccc(CN2CC3(CCNCC3)CC2=O)n1. The topological polar surface area (TPSA) is 50.2 Å². The molecule has 5 heteroatoms. The van der Waals surface area contributed by atoms with Crippen molar-refractivity contribution in [1.82, 2.24) is 20.0 Å². The summed E-state index contributed by atoms with van der Waals surface area (Å²) in [6.45, 7) is 7.99. The molecule has 1 aromatic heterocycles. The summed E-state index contributed by atoms with van der Waals surface area (Å²) in [4.78, 5) is 14.3. The molecular formula is C16H26N4O. The van der Waals surface area contributed by atoms with Crippen molar-refractivity contribution in [3.8, 4) is 0 Å². The first-order valence-electron chi connectivity index (χ1n) is 8.14.